The predicted octanol–water partition coefficient (Wildman–Crippen LogP) is 2.18. The molecule has 58 valence electrons. The number of allylic oxidation sites excluding steroid dienone is 1. The summed E-state index contributed by atoms with van der Waals surface area (Å²) in [5, 5.41) is 0. The molecule has 0 aliphatic carbocycles. The van der Waals surface area contributed by atoms with E-state index >= 15 is 0 Å². The van der Waals surface area contributed by atoms with E-state index in [4.69, 9.17) is 5.73 Å². The van der Waals surface area contributed by atoms with Crippen LogP contribution >= 0.6 is 0 Å². The normalized spacial score (nSPS) is 10.7. The zero-order valence-electron chi connectivity index (χ0n) is 6.75. The van der Waals surface area contributed by atoms with E-state index in [1.807, 2.05) is 13.0 Å². The molecule has 0 aliphatic heterocycles. The van der Waals surface area contributed by atoms with Gasteiger partial charge in [-0.3, -0.25) is 0 Å². The summed E-state index contributed by atoms with van der Waals surface area (Å²) in [7, 11) is 0. The summed E-state index contributed by atoms with van der Waals surface area (Å²) in [5.74, 6) is 0. The van der Waals surface area contributed by atoms with Crippen LogP contribution in [0.1, 0.15) is 18.1 Å². The minimum Gasteiger partial charge on any atom is -0.326 e. The Hall–Kier alpha value is -1.08. The fourth-order valence-corrected chi connectivity index (χ4v) is 0.957. The second-order valence-electron chi connectivity index (χ2n) is 2.45. The lowest BCUT2D eigenvalue weighted by Crippen LogP contribution is -1.94. The lowest BCUT2D eigenvalue weighted by atomic mass is 10.1. The van der Waals surface area contributed by atoms with Gasteiger partial charge in [-0.2, -0.15) is 0 Å². The zero-order chi connectivity index (χ0) is 8.10. The van der Waals surface area contributed by atoms with Crippen molar-refractivity contribution in [3.63, 3.8) is 0 Å². The molecule has 0 bridgehead atoms. The molecule has 0 saturated carbocycles. The highest BCUT2D eigenvalue weighted by Gasteiger charge is 1.87. The molecule has 0 heterocycles. The Labute approximate surface area is 67.5 Å². The lowest BCUT2D eigenvalue weighted by Gasteiger charge is -1.96. The minimum atomic E-state index is 0.621. The highest BCUT2D eigenvalue weighted by atomic mass is 14.5. The maximum atomic E-state index is 5.46. The van der Waals surface area contributed by atoms with Gasteiger partial charge in [0.25, 0.3) is 0 Å². The summed E-state index contributed by atoms with van der Waals surface area (Å²) in [4.78, 5) is 0. The predicted molar refractivity (Wildman–Crippen MR) is 49.0 cm³/mol. The van der Waals surface area contributed by atoms with Crippen LogP contribution in [-0.4, -0.2) is 0 Å². The van der Waals surface area contributed by atoms with E-state index < -0.39 is 0 Å². The first-order valence-electron chi connectivity index (χ1n) is 3.78. The summed E-state index contributed by atoms with van der Waals surface area (Å²) in [6.45, 7) is 2.63. The van der Waals surface area contributed by atoms with Gasteiger partial charge < -0.3 is 5.73 Å². The topological polar surface area (TPSA) is 26.0 Å². The Morgan fingerprint density at radius 2 is 1.91 bits per heavy atom. The molecule has 11 heavy (non-hydrogen) atoms. The monoisotopic (exact) mass is 147 g/mol. The molecule has 0 aliphatic rings. The molecule has 1 nitrogen and oxygen atoms in total. The van der Waals surface area contributed by atoms with Crippen LogP contribution < -0.4 is 5.73 Å². The van der Waals surface area contributed by atoms with Crippen molar-refractivity contribution in [1.29, 1.82) is 0 Å². The molecule has 2 N–H and O–H groups in total. The third-order valence-corrected chi connectivity index (χ3v) is 1.57. The largest absolute Gasteiger partial charge is 0.326 e. The SMILES string of the molecule is CC=Cc1ccc(CN)cc1. The van der Waals surface area contributed by atoms with Crippen LogP contribution in [0.3, 0.4) is 0 Å². The van der Waals surface area contributed by atoms with Crippen molar-refractivity contribution in [2.24, 2.45) is 5.73 Å². The van der Waals surface area contributed by atoms with E-state index in [1.165, 1.54) is 11.1 Å². The molecule has 0 radical (unpaired) electrons. The second-order valence-corrected chi connectivity index (χ2v) is 2.45. The number of rotatable bonds is 2. The molecule has 0 amide bonds. The molecule has 1 heteroatoms. The fourth-order valence-electron chi connectivity index (χ4n) is 0.957. The Balaban J connectivity index is 2.82. The first-order chi connectivity index (χ1) is 5.36. The molecule has 0 saturated heterocycles. The Kier molecular flexibility index (Phi) is 2.87. The molecular weight excluding hydrogens is 134 g/mol. The molecule has 0 aromatic heterocycles. The number of benzene rings is 1. The van der Waals surface area contributed by atoms with Crippen LogP contribution in [0.5, 0.6) is 0 Å². The highest BCUT2D eigenvalue weighted by molar-refractivity contribution is 5.49. The van der Waals surface area contributed by atoms with Crippen molar-refractivity contribution in [2.75, 3.05) is 0 Å². The van der Waals surface area contributed by atoms with Crippen molar-refractivity contribution in [2.45, 2.75) is 13.5 Å². The first-order valence-corrected chi connectivity index (χ1v) is 3.78. The van der Waals surface area contributed by atoms with E-state index in [9.17, 15) is 0 Å². The summed E-state index contributed by atoms with van der Waals surface area (Å²) in [5.41, 5.74) is 7.86. The van der Waals surface area contributed by atoms with E-state index in [-0.39, 0.29) is 0 Å². The molecule has 1 aromatic rings. The quantitative estimate of drug-likeness (QED) is 0.681. The van der Waals surface area contributed by atoms with E-state index in [0.29, 0.717) is 6.54 Å². The minimum absolute atomic E-state index is 0.621. The molecular formula is C10H13N. The van der Waals surface area contributed by atoms with Crippen LogP contribution in [0.15, 0.2) is 30.3 Å². The van der Waals surface area contributed by atoms with Crippen molar-refractivity contribution < 1.29 is 0 Å². The summed E-state index contributed by atoms with van der Waals surface area (Å²) >= 11 is 0. The van der Waals surface area contributed by atoms with Gasteiger partial charge in [0, 0.05) is 6.54 Å². The average molecular weight is 147 g/mol. The van der Waals surface area contributed by atoms with Crippen molar-refractivity contribution in [3.8, 4) is 0 Å². The molecule has 0 unspecified atom stereocenters. The molecule has 1 aromatic carbocycles. The summed E-state index contributed by atoms with van der Waals surface area (Å²) < 4.78 is 0. The standard InChI is InChI=1S/C10H13N/c1-2-3-9-4-6-10(8-11)7-5-9/h2-7H,8,11H2,1H3. The van der Waals surface area contributed by atoms with Crippen molar-refractivity contribution >= 4 is 6.08 Å². The van der Waals surface area contributed by atoms with Gasteiger partial charge in [-0.05, 0) is 18.1 Å². The van der Waals surface area contributed by atoms with Crippen LogP contribution in [0.2, 0.25) is 0 Å². The third-order valence-electron chi connectivity index (χ3n) is 1.57. The van der Waals surface area contributed by atoms with E-state index in [0.717, 1.165) is 0 Å². The van der Waals surface area contributed by atoms with Crippen LogP contribution in [0.25, 0.3) is 6.08 Å². The second kappa shape index (κ2) is 3.94. The molecule has 0 spiro atoms. The Bertz CT molecular complexity index is 234. The van der Waals surface area contributed by atoms with Gasteiger partial charge >= 0.3 is 0 Å². The van der Waals surface area contributed by atoms with Crippen molar-refractivity contribution in [3.05, 3.63) is 41.5 Å². The van der Waals surface area contributed by atoms with Gasteiger partial charge in [0.15, 0.2) is 0 Å². The highest BCUT2D eigenvalue weighted by Crippen LogP contribution is 2.04. The molecule has 0 atom stereocenters. The maximum Gasteiger partial charge on any atom is 0.0178 e. The first kappa shape index (κ1) is 8.02. The molecule has 0 fully saturated rings. The van der Waals surface area contributed by atoms with Crippen LogP contribution in [-0.2, 0) is 6.54 Å². The van der Waals surface area contributed by atoms with Gasteiger partial charge in [0.05, 0.1) is 0 Å². The van der Waals surface area contributed by atoms with Crippen LogP contribution in [0.4, 0.5) is 0 Å². The van der Waals surface area contributed by atoms with Gasteiger partial charge in [-0.25, -0.2) is 0 Å². The molecule has 1 rings (SSSR count). The summed E-state index contributed by atoms with van der Waals surface area (Å²) in [6, 6.07) is 8.25. The van der Waals surface area contributed by atoms with Gasteiger partial charge in [-0.1, -0.05) is 36.4 Å². The smallest absolute Gasteiger partial charge is 0.0178 e. The Morgan fingerprint density at radius 1 is 1.27 bits per heavy atom. The lowest BCUT2D eigenvalue weighted by molar-refractivity contribution is 1.07. The van der Waals surface area contributed by atoms with Gasteiger partial charge in [-0.15, -0.1) is 0 Å². The zero-order valence-corrected chi connectivity index (χ0v) is 6.75. The summed E-state index contributed by atoms with van der Waals surface area (Å²) in [6.07, 6.45) is 4.09. The number of nitrogens with two attached hydrogens (primary N) is 1. The van der Waals surface area contributed by atoms with Crippen LogP contribution in [0, 0.1) is 0 Å². The fraction of sp³-hybridized carbons (Fsp3) is 0.200. The average Bonchev–Trinajstić information content (AvgIpc) is 2.07. The van der Waals surface area contributed by atoms with E-state index in [2.05, 4.69) is 30.3 Å². The Morgan fingerprint density at radius 3 is 2.36 bits per heavy atom. The number of hydrogen-bond donors (Lipinski definition) is 1. The van der Waals surface area contributed by atoms with E-state index in [1.54, 1.807) is 0 Å². The van der Waals surface area contributed by atoms with Gasteiger partial charge in [0.2, 0.25) is 0 Å². The maximum absolute atomic E-state index is 5.46. The number of hydrogen-bond acceptors (Lipinski definition) is 1. The van der Waals surface area contributed by atoms with Gasteiger partial charge in [0.1, 0.15) is 0 Å². The third kappa shape index (κ3) is 2.20. The van der Waals surface area contributed by atoms with Crippen molar-refractivity contribution in [1.82, 2.24) is 0 Å².